The fourth-order valence-corrected chi connectivity index (χ4v) is 1.94. The summed E-state index contributed by atoms with van der Waals surface area (Å²) in [7, 11) is 1.56. The molecular weight excluding hydrogens is 231 g/mol. The normalized spacial score (nSPS) is 10.6. The van der Waals surface area contributed by atoms with Crippen LogP contribution < -0.4 is 4.74 Å². The zero-order chi connectivity index (χ0) is 13.1. The maximum atomic E-state index is 13.9. The van der Waals surface area contributed by atoms with Gasteiger partial charge in [0, 0.05) is 11.8 Å². The topological polar surface area (TPSA) is 26.3 Å². The van der Waals surface area contributed by atoms with Crippen molar-refractivity contribution < 1.29 is 13.9 Å². The molecule has 0 aliphatic heterocycles. The summed E-state index contributed by atoms with van der Waals surface area (Å²) < 4.78 is 19.0. The molecule has 0 atom stereocenters. The monoisotopic (exact) mass is 246 g/mol. The lowest BCUT2D eigenvalue weighted by atomic mass is 10.0. The highest BCUT2D eigenvalue weighted by Gasteiger charge is 2.06. The molecule has 18 heavy (non-hydrogen) atoms. The Morgan fingerprint density at radius 1 is 1.28 bits per heavy atom. The van der Waals surface area contributed by atoms with E-state index in [4.69, 9.17) is 4.74 Å². The number of benzene rings is 2. The summed E-state index contributed by atoms with van der Waals surface area (Å²) in [4.78, 5) is 10.9. The minimum atomic E-state index is -0.273. The average Bonchev–Trinajstić information content (AvgIpc) is 2.36. The Morgan fingerprint density at radius 2 is 2.06 bits per heavy atom. The van der Waals surface area contributed by atoms with Crippen molar-refractivity contribution in [2.24, 2.45) is 0 Å². The highest BCUT2D eigenvalue weighted by Crippen LogP contribution is 2.25. The number of rotatable bonds is 4. The van der Waals surface area contributed by atoms with E-state index in [-0.39, 0.29) is 11.6 Å². The standard InChI is InChI=1S/C15H15FO2/c1-10(17)3-4-11-7-12-5-6-13(18-2)9-14(12)15(16)8-11/h5-9H,3-4H2,1-2H3. The van der Waals surface area contributed by atoms with Gasteiger partial charge in [-0.1, -0.05) is 12.1 Å². The lowest BCUT2D eigenvalue weighted by molar-refractivity contribution is -0.116. The minimum absolute atomic E-state index is 0.116. The molecule has 0 aliphatic carbocycles. The van der Waals surface area contributed by atoms with E-state index in [1.165, 1.54) is 6.07 Å². The highest BCUT2D eigenvalue weighted by atomic mass is 19.1. The molecule has 2 aromatic carbocycles. The first-order chi connectivity index (χ1) is 8.60. The van der Waals surface area contributed by atoms with Crippen molar-refractivity contribution in [1.82, 2.24) is 0 Å². The molecule has 0 heterocycles. The summed E-state index contributed by atoms with van der Waals surface area (Å²) in [6.45, 7) is 1.54. The van der Waals surface area contributed by atoms with E-state index in [1.807, 2.05) is 12.1 Å². The van der Waals surface area contributed by atoms with Crippen LogP contribution in [0.15, 0.2) is 30.3 Å². The first kappa shape index (κ1) is 12.6. The maximum Gasteiger partial charge on any atom is 0.131 e. The molecule has 2 rings (SSSR count). The van der Waals surface area contributed by atoms with Crippen LogP contribution in [0.1, 0.15) is 18.9 Å². The predicted octanol–water partition coefficient (Wildman–Crippen LogP) is 3.51. The number of methoxy groups -OCH3 is 1. The number of hydrogen-bond donors (Lipinski definition) is 0. The number of Topliss-reactive ketones (excluding diaryl/α,β-unsaturated/α-hetero) is 1. The molecule has 0 N–H and O–H groups in total. The summed E-state index contributed by atoms with van der Waals surface area (Å²) in [6, 6.07) is 8.72. The molecule has 0 bridgehead atoms. The van der Waals surface area contributed by atoms with Crippen molar-refractivity contribution >= 4 is 16.6 Å². The third kappa shape index (κ3) is 2.67. The molecule has 94 valence electrons. The summed E-state index contributed by atoms with van der Waals surface area (Å²) in [6.07, 6.45) is 1.02. The molecule has 0 amide bonds. The third-order valence-electron chi connectivity index (χ3n) is 2.94. The van der Waals surface area contributed by atoms with Crippen molar-refractivity contribution in [3.8, 4) is 5.75 Å². The number of carbonyl (C=O) groups is 1. The van der Waals surface area contributed by atoms with Crippen LogP contribution in [0.25, 0.3) is 10.8 Å². The molecule has 2 nitrogen and oxygen atoms in total. The Morgan fingerprint density at radius 3 is 2.72 bits per heavy atom. The van der Waals surface area contributed by atoms with Gasteiger partial charge in [-0.3, -0.25) is 0 Å². The van der Waals surface area contributed by atoms with Crippen molar-refractivity contribution in [2.45, 2.75) is 19.8 Å². The van der Waals surface area contributed by atoms with Gasteiger partial charge in [-0.05, 0) is 42.5 Å². The predicted molar refractivity (Wildman–Crippen MR) is 69.5 cm³/mol. The van der Waals surface area contributed by atoms with Gasteiger partial charge in [-0.2, -0.15) is 0 Å². The molecule has 0 spiro atoms. The number of ketones is 1. The molecule has 0 unspecified atom stereocenters. The molecule has 3 heteroatoms. The SMILES string of the molecule is COc1ccc2cc(CCC(C)=O)cc(F)c2c1. The van der Waals surface area contributed by atoms with Crippen molar-refractivity contribution in [3.05, 3.63) is 41.7 Å². The fourth-order valence-electron chi connectivity index (χ4n) is 1.94. The van der Waals surface area contributed by atoms with Crippen LogP contribution in [-0.2, 0) is 11.2 Å². The van der Waals surface area contributed by atoms with Gasteiger partial charge in [0.2, 0.25) is 0 Å². The summed E-state index contributed by atoms with van der Waals surface area (Å²) in [5, 5.41) is 1.37. The summed E-state index contributed by atoms with van der Waals surface area (Å²) in [5.41, 5.74) is 0.848. The van der Waals surface area contributed by atoms with Crippen LogP contribution in [0.2, 0.25) is 0 Å². The Balaban J connectivity index is 2.40. The van der Waals surface area contributed by atoms with E-state index in [2.05, 4.69) is 0 Å². The molecule has 0 radical (unpaired) electrons. The van der Waals surface area contributed by atoms with Crippen LogP contribution in [0, 0.1) is 5.82 Å². The number of fused-ring (bicyclic) bond motifs is 1. The molecule has 0 fully saturated rings. The summed E-state index contributed by atoms with van der Waals surface area (Å²) >= 11 is 0. The van der Waals surface area contributed by atoms with E-state index < -0.39 is 0 Å². The van der Waals surface area contributed by atoms with Gasteiger partial charge in [-0.15, -0.1) is 0 Å². The third-order valence-corrected chi connectivity index (χ3v) is 2.94. The maximum absolute atomic E-state index is 13.9. The number of carbonyl (C=O) groups excluding carboxylic acids is 1. The smallest absolute Gasteiger partial charge is 0.131 e. The van der Waals surface area contributed by atoms with Crippen LogP contribution in [0.3, 0.4) is 0 Å². The van der Waals surface area contributed by atoms with E-state index >= 15 is 0 Å². The van der Waals surface area contributed by atoms with E-state index in [0.29, 0.717) is 24.0 Å². The van der Waals surface area contributed by atoms with Crippen LogP contribution in [-0.4, -0.2) is 12.9 Å². The highest BCUT2D eigenvalue weighted by molar-refractivity contribution is 5.85. The van der Waals surface area contributed by atoms with Gasteiger partial charge in [0.25, 0.3) is 0 Å². The van der Waals surface area contributed by atoms with Gasteiger partial charge < -0.3 is 9.53 Å². The van der Waals surface area contributed by atoms with Gasteiger partial charge in [0.15, 0.2) is 0 Å². The van der Waals surface area contributed by atoms with Crippen molar-refractivity contribution in [3.63, 3.8) is 0 Å². The average molecular weight is 246 g/mol. The van der Waals surface area contributed by atoms with Gasteiger partial charge in [-0.25, -0.2) is 4.39 Å². The van der Waals surface area contributed by atoms with Crippen LogP contribution in [0.5, 0.6) is 5.75 Å². The second kappa shape index (κ2) is 5.17. The first-order valence-corrected chi connectivity index (χ1v) is 5.86. The number of aryl methyl sites for hydroxylation is 1. The van der Waals surface area contributed by atoms with E-state index in [9.17, 15) is 9.18 Å². The van der Waals surface area contributed by atoms with Gasteiger partial charge in [0.05, 0.1) is 7.11 Å². The zero-order valence-corrected chi connectivity index (χ0v) is 10.5. The Kier molecular flexibility index (Phi) is 3.60. The summed E-state index contributed by atoms with van der Waals surface area (Å²) in [5.74, 6) is 0.480. The zero-order valence-electron chi connectivity index (χ0n) is 10.5. The van der Waals surface area contributed by atoms with Gasteiger partial charge in [0.1, 0.15) is 17.3 Å². The fraction of sp³-hybridized carbons (Fsp3) is 0.267. The molecule has 0 aliphatic rings. The van der Waals surface area contributed by atoms with E-state index in [1.54, 1.807) is 26.2 Å². The van der Waals surface area contributed by atoms with Crippen molar-refractivity contribution in [2.75, 3.05) is 7.11 Å². The Hall–Kier alpha value is -1.90. The molecule has 0 aromatic heterocycles. The number of hydrogen-bond acceptors (Lipinski definition) is 2. The largest absolute Gasteiger partial charge is 0.497 e. The lowest BCUT2D eigenvalue weighted by Gasteiger charge is -2.06. The van der Waals surface area contributed by atoms with Crippen LogP contribution in [0.4, 0.5) is 4.39 Å². The molecule has 0 saturated carbocycles. The Bertz CT molecular complexity index is 590. The first-order valence-electron chi connectivity index (χ1n) is 5.86. The van der Waals surface area contributed by atoms with Crippen molar-refractivity contribution in [1.29, 1.82) is 0 Å². The second-order valence-corrected chi connectivity index (χ2v) is 4.37. The Labute approximate surface area is 105 Å². The lowest BCUT2D eigenvalue weighted by Crippen LogP contribution is -1.95. The molecule has 0 saturated heterocycles. The second-order valence-electron chi connectivity index (χ2n) is 4.37. The molecular formula is C15H15FO2. The number of halogens is 1. The minimum Gasteiger partial charge on any atom is -0.497 e. The molecule has 2 aromatic rings. The van der Waals surface area contributed by atoms with Crippen LogP contribution >= 0.6 is 0 Å². The van der Waals surface area contributed by atoms with E-state index in [0.717, 1.165) is 10.9 Å². The quantitative estimate of drug-likeness (QED) is 0.825. The van der Waals surface area contributed by atoms with Gasteiger partial charge >= 0.3 is 0 Å². The number of ether oxygens (including phenoxy) is 1.